The molecule has 21 heavy (non-hydrogen) atoms. The molecule has 6 heteroatoms. The summed E-state index contributed by atoms with van der Waals surface area (Å²) >= 11 is 0. The van der Waals surface area contributed by atoms with Crippen molar-refractivity contribution < 1.29 is 8.42 Å². The Bertz CT molecular complexity index is 587. The van der Waals surface area contributed by atoms with Crippen molar-refractivity contribution >= 4 is 10.0 Å². The molecule has 1 saturated heterocycles. The van der Waals surface area contributed by atoms with Gasteiger partial charge in [-0.15, -0.1) is 0 Å². The van der Waals surface area contributed by atoms with E-state index in [1.165, 1.54) is 0 Å². The number of likely N-dealkylation sites (tertiary alicyclic amines) is 1. The molecule has 0 saturated carbocycles. The number of sulfonamides is 1. The number of aryl methyl sites for hydroxylation is 1. The summed E-state index contributed by atoms with van der Waals surface area (Å²) in [5.41, 5.74) is 7.18. The standard InChI is InChI=1S/C15H25N3O2S/c1-12-5-6-13(9-16)8-15(12)21(19,20)17-10-14-4-3-7-18(2)11-14/h5-6,8,14,17H,3-4,7,9-11,16H2,1-2H3. The lowest BCUT2D eigenvalue weighted by Gasteiger charge is -2.29. The summed E-state index contributed by atoms with van der Waals surface area (Å²) in [6.07, 6.45) is 2.21. The van der Waals surface area contributed by atoms with Gasteiger partial charge in [0.2, 0.25) is 10.0 Å². The molecule has 0 aromatic heterocycles. The Morgan fingerprint density at radius 3 is 2.86 bits per heavy atom. The second kappa shape index (κ2) is 6.87. The van der Waals surface area contributed by atoms with Gasteiger partial charge in [0, 0.05) is 19.6 Å². The summed E-state index contributed by atoms with van der Waals surface area (Å²) in [5.74, 6) is 0.386. The van der Waals surface area contributed by atoms with Crippen LogP contribution in [-0.2, 0) is 16.6 Å². The smallest absolute Gasteiger partial charge is 0.240 e. The van der Waals surface area contributed by atoms with E-state index in [4.69, 9.17) is 5.73 Å². The number of hydrogen-bond acceptors (Lipinski definition) is 4. The van der Waals surface area contributed by atoms with E-state index in [0.29, 0.717) is 23.9 Å². The molecule has 2 rings (SSSR count). The zero-order valence-corrected chi connectivity index (χ0v) is 13.6. The maximum Gasteiger partial charge on any atom is 0.240 e. The van der Waals surface area contributed by atoms with E-state index in [1.54, 1.807) is 6.07 Å². The molecule has 1 atom stereocenters. The van der Waals surface area contributed by atoms with Crippen LogP contribution in [0.4, 0.5) is 0 Å². The molecule has 0 radical (unpaired) electrons. The van der Waals surface area contributed by atoms with Crippen LogP contribution < -0.4 is 10.5 Å². The quantitative estimate of drug-likeness (QED) is 0.853. The van der Waals surface area contributed by atoms with Crippen LogP contribution in [0.5, 0.6) is 0 Å². The normalized spacial score (nSPS) is 20.6. The first kappa shape index (κ1) is 16.4. The second-order valence-electron chi connectivity index (χ2n) is 5.93. The van der Waals surface area contributed by atoms with E-state index >= 15 is 0 Å². The lowest BCUT2D eigenvalue weighted by Crippen LogP contribution is -2.39. The molecule has 1 aliphatic heterocycles. The van der Waals surface area contributed by atoms with Gasteiger partial charge < -0.3 is 10.6 Å². The zero-order valence-electron chi connectivity index (χ0n) is 12.8. The summed E-state index contributed by atoms with van der Waals surface area (Å²) in [7, 11) is -1.39. The van der Waals surface area contributed by atoms with E-state index in [1.807, 2.05) is 19.1 Å². The molecule has 5 nitrogen and oxygen atoms in total. The lowest BCUT2D eigenvalue weighted by molar-refractivity contribution is 0.211. The molecule has 1 unspecified atom stereocenters. The molecule has 0 amide bonds. The maximum absolute atomic E-state index is 12.5. The molecule has 118 valence electrons. The SMILES string of the molecule is Cc1ccc(CN)cc1S(=O)(=O)NCC1CCCN(C)C1. The van der Waals surface area contributed by atoms with Crippen molar-refractivity contribution in [2.24, 2.45) is 11.7 Å². The third-order valence-electron chi connectivity index (χ3n) is 4.06. The van der Waals surface area contributed by atoms with Crippen LogP contribution >= 0.6 is 0 Å². The van der Waals surface area contributed by atoms with Crippen LogP contribution in [0.15, 0.2) is 23.1 Å². The molecule has 1 aromatic carbocycles. The van der Waals surface area contributed by atoms with Gasteiger partial charge in [-0.1, -0.05) is 12.1 Å². The monoisotopic (exact) mass is 311 g/mol. The third kappa shape index (κ3) is 4.26. The highest BCUT2D eigenvalue weighted by molar-refractivity contribution is 7.89. The zero-order chi connectivity index (χ0) is 15.5. The number of benzene rings is 1. The summed E-state index contributed by atoms with van der Waals surface area (Å²) < 4.78 is 27.7. The van der Waals surface area contributed by atoms with Gasteiger partial charge in [0.25, 0.3) is 0 Å². The number of nitrogens with two attached hydrogens (primary N) is 1. The lowest BCUT2D eigenvalue weighted by atomic mass is 9.99. The van der Waals surface area contributed by atoms with Gasteiger partial charge in [0.15, 0.2) is 0 Å². The van der Waals surface area contributed by atoms with E-state index in [9.17, 15) is 8.42 Å². The second-order valence-corrected chi connectivity index (χ2v) is 7.66. The number of rotatable bonds is 5. The summed E-state index contributed by atoms with van der Waals surface area (Å²) in [6, 6.07) is 5.35. The Morgan fingerprint density at radius 2 is 2.19 bits per heavy atom. The Hall–Kier alpha value is -0.950. The largest absolute Gasteiger partial charge is 0.326 e. The van der Waals surface area contributed by atoms with Crippen molar-refractivity contribution in [3.63, 3.8) is 0 Å². The molecule has 0 aliphatic carbocycles. The molecule has 3 N–H and O–H groups in total. The number of nitrogens with one attached hydrogen (secondary N) is 1. The fourth-order valence-corrected chi connectivity index (χ4v) is 4.22. The van der Waals surface area contributed by atoms with Crippen molar-refractivity contribution in [2.45, 2.75) is 31.2 Å². The van der Waals surface area contributed by atoms with Crippen molar-refractivity contribution in [1.29, 1.82) is 0 Å². The van der Waals surface area contributed by atoms with Gasteiger partial charge in [-0.3, -0.25) is 0 Å². The van der Waals surface area contributed by atoms with E-state index in [0.717, 1.165) is 37.1 Å². The number of piperidine rings is 1. The Kier molecular flexibility index (Phi) is 5.37. The summed E-state index contributed by atoms with van der Waals surface area (Å²) in [6.45, 7) is 4.70. The van der Waals surface area contributed by atoms with Crippen molar-refractivity contribution in [2.75, 3.05) is 26.7 Å². The first-order valence-electron chi connectivity index (χ1n) is 7.40. The molecule has 1 aliphatic rings. The minimum atomic E-state index is -3.46. The van der Waals surface area contributed by atoms with Crippen LogP contribution in [-0.4, -0.2) is 40.0 Å². The van der Waals surface area contributed by atoms with Gasteiger partial charge in [0.1, 0.15) is 0 Å². The molecule has 1 aromatic rings. The minimum Gasteiger partial charge on any atom is -0.326 e. The molecule has 1 fully saturated rings. The summed E-state index contributed by atoms with van der Waals surface area (Å²) in [5, 5.41) is 0. The van der Waals surface area contributed by atoms with Gasteiger partial charge >= 0.3 is 0 Å². The van der Waals surface area contributed by atoms with Gasteiger partial charge in [-0.25, -0.2) is 13.1 Å². The van der Waals surface area contributed by atoms with Gasteiger partial charge in [0.05, 0.1) is 4.90 Å². The average molecular weight is 311 g/mol. The predicted octanol–water partition coefficient (Wildman–Crippen LogP) is 1.07. The van der Waals surface area contributed by atoms with E-state index < -0.39 is 10.0 Å². The van der Waals surface area contributed by atoms with Crippen molar-refractivity contribution in [3.05, 3.63) is 29.3 Å². The highest BCUT2D eigenvalue weighted by Crippen LogP contribution is 2.19. The van der Waals surface area contributed by atoms with Crippen molar-refractivity contribution in [1.82, 2.24) is 9.62 Å². The van der Waals surface area contributed by atoms with E-state index in [-0.39, 0.29) is 0 Å². The fourth-order valence-electron chi connectivity index (χ4n) is 2.81. The minimum absolute atomic E-state index is 0.342. The van der Waals surface area contributed by atoms with Crippen molar-refractivity contribution in [3.8, 4) is 0 Å². The third-order valence-corrected chi connectivity index (χ3v) is 5.63. The number of nitrogens with zero attached hydrogens (tertiary/aromatic N) is 1. The Balaban J connectivity index is 2.08. The Labute approximate surface area is 127 Å². The first-order chi connectivity index (χ1) is 9.92. The number of hydrogen-bond donors (Lipinski definition) is 2. The van der Waals surface area contributed by atoms with Crippen LogP contribution in [0, 0.1) is 12.8 Å². The van der Waals surface area contributed by atoms with Crippen LogP contribution in [0.25, 0.3) is 0 Å². The van der Waals surface area contributed by atoms with Gasteiger partial charge in [-0.05, 0) is 56.5 Å². The average Bonchev–Trinajstić information content (AvgIpc) is 2.46. The molecular formula is C15H25N3O2S. The van der Waals surface area contributed by atoms with Crippen LogP contribution in [0.2, 0.25) is 0 Å². The highest BCUT2D eigenvalue weighted by Gasteiger charge is 2.22. The summed E-state index contributed by atoms with van der Waals surface area (Å²) in [4.78, 5) is 2.59. The molecule has 1 heterocycles. The fraction of sp³-hybridized carbons (Fsp3) is 0.600. The maximum atomic E-state index is 12.5. The molecule has 0 bridgehead atoms. The van der Waals surface area contributed by atoms with E-state index in [2.05, 4.69) is 16.7 Å². The van der Waals surface area contributed by atoms with Crippen LogP contribution in [0.3, 0.4) is 0 Å². The predicted molar refractivity (Wildman–Crippen MR) is 84.5 cm³/mol. The molecule has 0 spiro atoms. The van der Waals surface area contributed by atoms with Crippen LogP contribution in [0.1, 0.15) is 24.0 Å². The topological polar surface area (TPSA) is 75.4 Å². The Morgan fingerprint density at radius 1 is 1.43 bits per heavy atom. The van der Waals surface area contributed by atoms with Gasteiger partial charge in [-0.2, -0.15) is 0 Å². The molecular weight excluding hydrogens is 286 g/mol. The highest BCUT2D eigenvalue weighted by atomic mass is 32.2. The first-order valence-corrected chi connectivity index (χ1v) is 8.88.